The molecule has 1 nitrogen and oxygen atoms in total. The summed E-state index contributed by atoms with van der Waals surface area (Å²) in [6.07, 6.45) is 2.27. The molecule has 0 aliphatic carbocycles. The summed E-state index contributed by atoms with van der Waals surface area (Å²) in [6, 6.07) is 40.0. The maximum atomic E-state index is 6.96. The fourth-order valence-electron chi connectivity index (χ4n) is 4.34. The zero-order chi connectivity index (χ0) is 20.4. The van der Waals surface area contributed by atoms with Crippen molar-refractivity contribution in [2.75, 3.05) is 0 Å². The van der Waals surface area contributed by atoms with Gasteiger partial charge in [0.15, 0.2) is 5.60 Å². The van der Waals surface area contributed by atoms with Crippen LogP contribution in [0.4, 0.5) is 0 Å². The molecule has 4 aromatic rings. The Morgan fingerprint density at radius 3 is 1.77 bits per heavy atom. The molecule has 1 aliphatic rings. The second-order valence-electron chi connectivity index (χ2n) is 7.50. The molecule has 1 aliphatic heterocycles. The maximum Gasteiger partial charge on any atom is 0.169 e. The fraction of sp³-hybridized carbons (Fsp3) is 0.0714. The van der Waals surface area contributed by atoms with Gasteiger partial charge in [0, 0.05) is 21.2 Å². The van der Waals surface area contributed by atoms with Crippen molar-refractivity contribution in [2.45, 2.75) is 11.5 Å². The Labute approximate surface area is 185 Å². The molecule has 30 heavy (non-hydrogen) atoms. The van der Waals surface area contributed by atoms with Crippen molar-refractivity contribution >= 4 is 21.7 Å². The highest BCUT2D eigenvalue weighted by Crippen LogP contribution is 2.54. The van der Waals surface area contributed by atoms with Crippen LogP contribution in [0, 0.1) is 0 Å². The molecule has 4 aromatic carbocycles. The summed E-state index contributed by atoms with van der Waals surface area (Å²) < 4.78 is 8.03. The average molecular weight is 453 g/mol. The number of benzene rings is 4. The maximum absolute atomic E-state index is 6.96. The molecule has 1 unspecified atom stereocenters. The predicted octanol–water partition coefficient (Wildman–Crippen LogP) is 7.55. The first-order valence-electron chi connectivity index (χ1n) is 10.1. The highest BCUT2D eigenvalue weighted by atomic mass is 79.9. The van der Waals surface area contributed by atoms with E-state index in [1.165, 1.54) is 5.56 Å². The smallest absolute Gasteiger partial charge is 0.169 e. The molecule has 146 valence electrons. The van der Waals surface area contributed by atoms with E-state index in [1.807, 2.05) is 6.07 Å². The Morgan fingerprint density at radius 1 is 0.633 bits per heavy atom. The van der Waals surface area contributed by atoms with Crippen LogP contribution in [-0.4, -0.2) is 0 Å². The fourth-order valence-corrected chi connectivity index (χ4v) is 4.76. The minimum Gasteiger partial charge on any atom is -0.477 e. The van der Waals surface area contributed by atoms with Crippen molar-refractivity contribution in [3.8, 4) is 0 Å². The van der Waals surface area contributed by atoms with Crippen LogP contribution >= 0.6 is 15.9 Å². The van der Waals surface area contributed by atoms with E-state index in [2.05, 4.69) is 131 Å². The predicted molar refractivity (Wildman–Crippen MR) is 126 cm³/mol. The van der Waals surface area contributed by atoms with Crippen molar-refractivity contribution in [3.05, 3.63) is 148 Å². The summed E-state index contributed by atoms with van der Waals surface area (Å²) >= 11 is 3.66. The number of ether oxygens (including phenoxy) is 1. The Bertz CT molecular complexity index is 1130. The van der Waals surface area contributed by atoms with Crippen LogP contribution < -0.4 is 0 Å². The van der Waals surface area contributed by atoms with Crippen LogP contribution in [0.5, 0.6) is 0 Å². The molecule has 0 bridgehead atoms. The van der Waals surface area contributed by atoms with E-state index in [-0.39, 0.29) is 5.92 Å². The van der Waals surface area contributed by atoms with Gasteiger partial charge in [0.1, 0.15) is 5.76 Å². The third kappa shape index (κ3) is 3.28. The second kappa shape index (κ2) is 7.97. The summed E-state index contributed by atoms with van der Waals surface area (Å²) in [4.78, 5) is 0. The van der Waals surface area contributed by atoms with Gasteiger partial charge in [0.05, 0.1) is 5.92 Å². The largest absolute Gasteiger partial charge is 0.477 e. The van der Waals surface area contributed by atoms with Gasteiger partial charge in [0.25, 0.3) is 0 Å². The lowest BCUT2D eigenvalue weighted by atomic mass is 9.74. The topological polar surface area (TPSA) is 9.23 Å². The molecular formula is C28H21BrO. The van der Waals surface area contributed by atoms with E-state index in [4.69, 9.17) is 4.74 Å². The zero-order valence-electron chi connectivity index (χ0n) is 16.4. The van der Waals surface area contributed by atoms with E-state index in [1.54, 1.807) is 0 Å². The van der Waals surface area contributed by atoms with Crippen LogP contribution in [-0.2, 0) is 10.3 Å². The SMILES string of the molecule is Brc1cccc(C2C=C(c3ccccc3)OC2(c2ccccc2)c2ccccc2)c1. The quantitative estimate of drug-likeness (QED) is 0.310. The molecule has 0 saturated heterocycles. The molecule has 1 atom stereocenters. The van der Waals surface area contributed by atoms with Crippen LogP contribution in [0.25, 0.3) is 5.76 Å². The first-order chi connectivity index (χ1) is 14.8. The number of hydrogen-bond acceptors (Lipinski definition) is 1. The normalized spacial score (nSPS) is 17.2. The van der Waals surface area contributed by atoms with Crippen LogP contribution in [0.2, 0.25) is 0 Å². The summed E-state index contributed by atoms with van der Waals surface area (Å²) in [6.45, 7) is 0. The number of hydrogen-bond donors (Lipinski definition) is 0. The van der Waals surface area contributed by atoms with Crippen molar-refractivity contribution in [2.24, 2.45) is 0 Å². The highest BCUT2D eigenvalue weighted by Gasteiger charge is 2.49. The van der Waals surface area contributed by atoms with Crippen molar-refractivity contribution in [1.82, 2.24) is 0 Å². The number of halogens is 1. The Kier molecular flexibility index (Phi) is 5.02. The third-order valence-electron chi connectivity index (χ3n) is 5.70. The second-order valence-corrected chi connectivity index (χ2v) is 8.42. The van der Waals surface area contributed by atoms with Gasteiger partial charge in [-0.05, 0) is 23.8 Å². The lowest BCUT2D eigenvalue weighted by Crippen LogP contribution is -2.33. The van der Waals surface area contributed by atoms with Crippen molar-refractivity contribution in [1.29, 1.82) is 0 Å². The number of rotatable bonds is 4. The van der Waals surface area contributed by atoms with Gasteiger partial charge < -0.3 is 4.74 Å². The van der Waals surface area contributed by atoms with Gasteiger partial charge in [-0.1, -0.05) is 119 Å². The molecule has 0 fully saturated rings. The van der Waals surface area contributed by atoms with Gasteiger partial charge in [-0.2, -0.15) is 0 Å². The molecule has 2 heteroatoms. The highest BCUT2D eigenvalue weighted by molar-refractivity contribution is 9.10. The van der Waals surface area contributed by atoms with Crippen LogP contribution in [0.15, 0.2) is 126 Å². The van der Waals surface area contributed by atoms with E-state index in [0.29, 0.717) is 0 Å². The van der Waals surface area contributed by atoms with E-state index in [9.17, 15) is 0 Å². The minimum absolute atomic E-state index is 0.0232. The molecular weight excluding hydrogens is 432 g/mol. The molecule has 5 rings (SSSR count). The van der Waals surface area contributed by atoms with Crippen molar-refractivity contribution in [3.63, 3.8) is 0 Å². The molecule has 1 heterocycles. The molecule has 0 aromatic heterocycles. The van der Waals surface area contributed by atoms with E-state index in [0.717, 1.165) is 26.9 Å². The van der Waals surface area contributed by atoms with Gasteiger partial charge >= 0.3 is 0 Å². The van der Waals surface area contributed by atoms with Gasteiger partial charge in [-0.15, -0.1) is 0 Å². The molecule has 0 N–H and O–H groups in total. The Balaban J connectivity index is 1.77. The van der Waals surface area contributed by atoms with Gasteiger partial charge in [-0.3, -0.25) is 0 Å². The first-order valence-corrected chi connectivity index (χ1v) is 10.9. The summed E-state index contributed by atoms with van der Waals surface area (Å²) in [5, 5.41) is 0. The summed E-state index contributed by atoms with van der Waals surface area (Å²) in [5.41, 5.74) is 3.94. The molecule has 0 saturated carbocycles. The summed E-state index contributed by atoms with van der Waals surface area (Å²) in [5.74, 6) is 0.934. The van der Waals surface area contributed by atoms with Gasteiger partial charge in [0.2, 0.25) is 0 Å². The van der Waals surface area contributed by atoms with Crippen molar-refractivity contribution < 1.29 is 4.74 Å². The lowest BCUT2D eigenvalue weighted by Gasteiger charge is -2.37. The Hall–Kier alpha value is -3.10. The molecule has 0 spiro atoms. The zero-order valence-corrected chi connectivity index (χ0v) is 18.0. The summed E-state index contributed by atoms with van der Waals surface area (Å²) in [7, 11) is 0. The molecule has 0 radical (unpaired) electrons. The minimum atomic E-state index is -0.644. The monoisotopic (exact) mass is 452 g/mol. The Morgan fingerprint density at radius 2 is 1.20 bits per heavy atom. The van der Waals surface area contributed by atoms with E-state index >= 15 is 0 Å². The van der Waals surface area contributed by atoms with Gasteiger partial charge in [-0.25, -0.2) is 0 Å². The molecule has 0 amide bonds. The standard InChI is InChI=1S/C28H21BrO/c29-25-18-10-13-22(19-25)26-20-27(21-11-4-1-5-12-21)30-28(26,23-14-6-2-7-15-23)24-16-8-3-9-17-24/h1-20,26H. The lowest BCUT2D eigenvalue weighted by molar-refractivity contribution is 0.0845. The third-order valence-corrected chi connectivity index (χ3v) is 6.19. The average Bonchev–Trinajstić information content (AvgIpc) is 3.23. The van der Waals surface area contributed by atoms with E-state index < -0.39 is 5.60 Å². The van der Waals surface area contributed by atoms with Crippen LogP contribution in [0.1, 0.15) is 28.2 Å². The van der Waals surface area contributed by atoms with Crippen LogP contribution in [0.3, 0.4) is 0 Å². The first kappa shape index (κ1) is 18.9.